The Morgan fingerprint density at radius 2 is 1.14 bits per heavy atom. The largest absolute Gasteiger partial charge is 0.463 e. The van der Waals surface area contributed by atoms with Crippen LogP contribution in [-0.4, -0.2) is 92.0 Å². The lowest BCUT2D eigenvalue weighted by atomic mass is 9.98. The Morgan fingerprint density at radius 3 is 1.66 bits per heavy atom. The van der Waals surface area contributed by atoms with Gasteiger partial charge in [-0.25, -0.2) is 22.8 Å². The second-order valence-electron chi connectivity index (χ2n) is 13.2. The highest BCUT2D eigenvalue weighted by Gasteiger charge is 2.54. The molecule has 0 aromatic heterocycles. The molecule has 2 aliphatic rings. The number of fused-ring (bicyclic) bond motifs is 3. The van der Waals surface area contributed by atoms with Crippen LogP contribution < -0.4 is 10.1 Å². The molecule has 316 valence electrons. The molecule has 1 aliphatic heterocycles. The molecule has 59 heavy (non-hydrogen) atoms. The summed E-state index contributed by atoms with van der Waals surface area (Å²) < 4.78 is 114. The van der Waals surface area contributed by atoms with Crippen LogP contribution in [0.15, 0.2) is 48.5 Å². The van der Waals surface area contributed by atoms with Crippen LogP contribution in [-0.2, 0) is 57.1 Å². The molecule has 7 atom stereocenters. The highest BCUT2D eigenvalue weighted by Crippen LogP contribution is 2.44. The number of hydrogen-bond donors (Lipinski definition) is 1. The molecule has 0 bridgehead atoms. The summed E-state index contributed by atoms with van der Waals surface area (Å²) in [7, 11) is 0. The molecule has 0 saturated carbocycles. The minimum Gasteiger partial charge on any atom is -0.463 e. The molecule has 1 saturated heterocycles. The van der Waals surface area contributed by atoms with Crippen molar-refractivity contribution in [1.29, 1.82) is 0 Å². The maximum absolute atomic E-state index is 14.7. The third-order valence-corrected chi connectivity index (χ3v) is 9.01. The molecule has 3 aromatic rings. The molecular formula is C39H36F5NO14. The topological polar surface area (TPSA) is 188 Å². The van der Waals surface area contributed by atoms with Crippen molar-refractivity contribution in [3.05, 3.63) is 88.7 Å². The van der Waals surface area contributed by atoms with Crippen molar-refractivity contribution < 1.29 is 88.6 Å². The standard InChI is InChI=1S/C39H36F5NO14/c1-16(54-38-36(57-20(5)49)35(56-19(4)48)33(55-18(3)47)26(58-38)15-52-17(2)46)32(37(50)59-34-30(43)28(41)27(40)29(42)31(34)44)45-39(51)53-14-25-23-12-8-6-10-21(23)22-11-7-9-13-24(22)25/h6-13,16,25-26,32-33,35-36,38H,14-15H2,1-5H3,(H,45,51)/t16-,26-,32+,33+,35+,36-,38-/m1/s1. The van der Waals surface area contributed by atoms with Gasteiger partial charge in [0.1, 0.15) is 19.3 Å². The quantitative estimate of drug-likeness (QED) is 0.0624. The fourth-order valence-electron chi connectivity index (χ4n) is 6.56. The van der Waals surface area contributed by atoms with E-state index in [9.17, 15) is 50.7 Å². The van der Waals surface area contributed by atoms with Crippen molar-refractivity contribution in [3.63, 3.8) is 0 Å². The first-order chi connectivity index (χ1) is 27.9. The van der Waals surface area contributed by atoms with Crippen LogP contribution in [0.4, 0.5) is 26.7 Å². The van der Waals surface area contributed by atoms with E-state index in [-0.39, 0.29) is 6.61 Å². The van der Waals surface area contributed by atoms with Crippen molar-refractivity contribution in [3.8, 4) is 16.9 Å². The number of hydrogen-bond acceptors (Lipinski definition) is 14. The predicted molar refractivity (Wildman–Crippen MR) is 186 cm³/mol. The third-order valence-electron chi connectivity index (χ3n) is 9.01. The Morgan fingerprint density at radius 1 is 0.644 bits per heavy atom. The van der Waals surface area contributed by atoms with Crippen molar-refractivity contribution in [2.75, 3.05) is 13.2 Å². The van der Waals surface area contributed by atoms with Crippen LogP contribution in [0.25, 0.3) is 11.1 Å². The molecule has 0 radical (unpaired) electrons. The van der Waals surface area contributed by atoms with Gasteiger partial charge in [0.05, 0.1) is 6.10 Å². The minimum absolute atomic E-state index is 0.325. The monoisotopic (exact) mass is 837 g/mol. The Bertz CT molecular complexity index is 2060. The first-order valence-electron chi connectivity index (χ1n) is 17.7. The van der Waals surface area contributed by atoms with Gasteiger partial charge in [-0.05, 0) is 29.2 Å². The van der Waals surface area contributed by atoms with Crippen LogP contribution in [0.5, 0.6) is 5.75 Å². The molecule has 1 fully saturated rings. The Labute approximate surface area is 331 Å². The second kappa shape index (κ2) is 18.6. The molecule has 1 aliphatic carbocycles. The zero-order chi connectivity index (χ0) is 43.3. The van der Waals surface area contributed by atoms with Gasteiger partial charge in [0, 0.05) is 33.6 Å². The van der Waals surface area contributed by atoms with Gasteiger partial charge in [-0.3, -0.25) is 19.2 Å². The van der Waals surface area contributed by atoms with Gasteiger partial charge in [0.25, 0.3) is 0 Å². The Balaban J connectivity index is 1.48. The Hall–Kier alpha value is -6.15. The van der Waals surface area contributed by atoms with Gasteiger partial charge in [-0.15, -0.1) is 0 Å². The number of halogens is 5. The molecule has 0 spiro atoms. The molecule has 3 aromatic carbocycles. The van der Waals surface area contributed by atoms with Crippen molar-refractivity contribution in [2.45, 2.75) is 83.4 Å². The van der Waals surface area contributed by atoms with E-state index < -0.39 is 126 Å². The summed E-state index contributed by atoms with van der Waals surface area (Å²) >= 11 is 0. The molecule has 15 nitrogen and oxygen atoms in total. The van der Waals surface area contributed by atoms with Gasteiger partial charge in [-0.2, -0.15) is 8.78 Å². The van der Waals surface area contributed by atoms with Crippen LogP contribution >= 0.6 is 0 Å². The number of rotatable bonds is 13. The average Bonchev–Trinajstić information content (AvgIpc) is 3.50. The summed E-state index contributed by atoms with van der Waals surface area (Å²) in [6, 6.07) is 12.3. The highest BCUT2D eigenvalue weighted by molar-refractivity contribution is 5.84. The van der Waals surface area contributed by atoms with Gasteiger partial charge >= 0.3 is 35.9 Å². The van der Waals surface area contributed by atoms with E-state index in [1.54, 1.807) is 12.1 Å². The summed E-state index contributed by atoms with van der Waals surface area (Å²) in [5.41, 5.74) is 3.33. The molecule has 1 N–H and O–H groups in total. The number of benzene rings is 3. The Kier molecular flexibility index (Phi) is 13.9. The lowest BCUT2D eigenvalue weighted by Crippen LogP contribution is -2.64. The van der Waals surface area contributed by atoms with Gasteiger partial charge in [-0.1, -0.05) is 48.5 Å². The van der Waals surface area contributed by atoms with Crippen LogP contribution in [0.1, 0.15) is 51.7 Å². The molecule has 1 heterocycles. The lowest BCUT2D eigenvalue weighted by Gasteiger charge is -2.45. The first kappa shape index (κ1) is 44.0. The molecule has 1 amide bonds. The van der Waals surface area contributed by atoms with Crippen LogP contribution in [0.3, 0.4) is 0 Å². The van der Waals surface area contributed by atoms with E-state index in [0.717, 1.165) is 56.9 Å². The molecule has 20 heteroatoms. The normalized spacial score (nSPS) is 20.5. The van der Waals surface area contributed by atoms with Crippen molar-refractivity contribution >= 4 is 35.9 Å². The van der Waals surface area contributed by atoms with Crippen LogP contribution in [0, 0.1) is 29.1 Å². The molecule has 0 unspecified atom stereocenters. The fourth-order valence-corrected chi connectivity index (χ4v) is 6.56. The third kappa shape index (κ3) is 9.94. The number of amides is 1. The number of alkyl carbamates (subject to hydrolysis) is 1. The summed E-state index contributed by atoms with van der Waals surface area (Å²) in [6.07, 6.45) is -11.9. The number of esters is 5. The van der Waals surface area contributed by atoms with Crippen LogP contribution in [0.2, 0.25) is 0 Å². The van der Waals surface area contributed by atoms with Crippen molar-refractivity contribution in [1.82, 2.24) is 5.32 Å². The summed E-state index contributed by atoms with van der Waals surface area (Å²) in [6.45, 7) is 3.93. The average molecular weight is 838 g/mol. The number of nitrogens with one attached hydrogen (secondary N) is 1. The minimum atomic E-state index is -2.55. The van der Waals surface area contributed by atoms with E-state index in [0.29, 0.717) is 0 Å². The van der Waals surface area contributed by atoms with Crippen molar-refractivity contribution in [2.24, 2.45) is 0 Å². The number of carbonyl (C=O) groups excluding carboxylic acids is 6. The summed E-state index contributed by atoms with van der Waals surface area (Å²) in [4.78, 5) is 75.5. The zero-order valence-corrected chi connectivity index (χ0v) is 31.8. The fraction of sp³-hybridized carbons (Fsp3) is 0.385. The van der Waals surface area contributed by atoms with E-state index >= 15 is 0 Å². The maximum atomic E-state index is 14.7. The lowest BCUT2D eigenvalue weighted by molar-refractivity contribution is -0.316. The first-order valence-corrected chi connectivity index (χ1v) is 17.7. The van der Waals surface area contributed by atoms with Gasteiger partial charge < -0.3 is 43.2 Å². The predicted octanol–water partition coefficient (Wildman–Crippen LogP) is 4.68. The molecule has 5 rings (SSSR count). The number of ether oxygens (including phenoxy) is 8. The van der Waals surface area contributed by atoms with E-state index in [1.165, 1.54) is 0 Å². The number of carbonyl (C=O) groups is 6. The summed E-state index contributed by atoms with van der Waals surface area (Å²) in [5.74, 6) is -20.7. The zero-order valence-electron chi connectivity index (χ0n) is 31.8. The van der Waals surface area contributed by atoms with Gasteiger partial charge in [0.15, 0.2) is 30.6 Å². The maximum Gasteiger partial charge on any atom is 0.407 e. The van der Waals surface area contributed by atoms with Gasteiger partial charge in [0.2, 0.25) is 34.8 Å². The van der Waals surface area contributed by atoms with E-state index in [1.807, 2.05) is 36.4 Å². The summed E-state index contributed by atoms with van der Waals surface area (Å²) in [5, 5.41) is 2.11. The van der Waals surface area contributed by atoms with E-state index in [2.05, 4.69) is 10.1 Å². The molecular weight excluding hydrogens is 801 g/mol. The SMILES string of the molecule is CC(=O)OC[C@H]1O[C@@H](O[C@H](C)[C@H](NC(=O)OCC2c3ccccc3-c3ccccc32)C(=O)Oc2c(F)c(F)c(F)c(F)c2F)[C@H](OC(C)=O)[C@@H](OC(C)=O)[C@H]1OC(C)=O. The smallest absolute Gasteiger partial charge is 0.407 e. The highest BCUT2D eigenvalue weighted by atomic mass is 19.2. The second-order valence-corrected chi connectivity index (χ2v) is 13.2. The van der Waals surface area contributed by atoms with E-state index in [4.69, 9.17) is 33.2 Å².